The number of hydrogen-bond acceptors (Lipinski definition) is 7. The van der Waals surface area contributed by atoms with E-state index in [4.69, 9.17) is 18.9 Å². The zero-order valence-corrected chi connectivity index (χ0v) is 17.4. The zero-order valence-electron chi connectivity index (χ0n) is 16.6. The molecule has 0 saturated carbocycles. The standard InChI is InChI=1S/C23H18O6S/c1-13-8-9-30-21(13)12-20-22(24)16-6-5-15(11-18(16)29-20)28-23(25)14-4-7-17(26-2)19(10-14)27-3/h4-12H,1-3H3. The Balaban J connectivity index is 1.54. The number of allylic oxidation sites excluding steroid dienone is 1. The van der Waals surface area contributed by atoms with Crippen LogP contribution in [0.25, 0.3) is 6.08 Å². The third-order valence-corrected chi connectivity index (χ3v) is 5.60. The van der Waals surface area contributed by atoms with Crippen LogP contribution in [-0.2, 0) is 0 Å². The second-order valence-electron chi connectivity index (χ2n) is 6.52. The number of carbonyl (C=O) groups excluding carboxylic acids is 2. The number of rotatable bonds is 5. The van der Waals surface area contributed by atoms with E-state index in [0.29, 0.717) is 28.4 Å². The second kappa shape index (κ2) is 8.04. The molecule has 1 aromatic heterocycles. The highest BCUT2D eigenvalue weighted by molar-refractivity contribution is 7.11. The fraction of sp³-hybridized carbons (Fsp3) is 0.130. The Morgan fingerprint density at radius 1 is 1.03 bits per heavy atom. The molecule has 7 heteroatoms. The summed E-state index contributed by atoms with van der Waals surface area (Å²) in [7, 11) is 3.01. The topological polar surface area (TPSA) is 71.1 Å². The highest BCUT2D eigenvalue weighted by atomic mass is 32.1. The first-order valence-corrected chi connectivity index (χ1v) is 9.94. The van der Waals surface area contributed by atoms with Crippen LogP contribution in [0.15, 0.2) is 53.6 Å². The van der Waals surface area contributed by atoms with Crippen molar-refractivity contribution in [3.05, 3.63) is 75.2 Å². The SMILES string of the molecule is COc1ccc(C(=O)Oc2ccc3c(c2)OC(=Cc2sccc2C)C3=O)cc1OC. The van der Waals surface area contributed by atoms with Crippen molar-refractivity contribution in [2.45, 2.75) is 6.92 Å². The quantitative estimate of drug-likeness (QED) is 0.331. The van der Waals surface area contributed by atoms with Gasteiger partial charge in [0, 0.05) is 17.0 Å². The van der Waals surface area contributed by atoms with Crippen molar-refractivity contribution in [2.75, 3.05) is 14.2 Å². The van der Waals surface area contributed by atoms with Crippen molar-refractivity contribution in [3.8, 4) is 23.0 Å². The smallest absolute Gasteiger partial charge is 0.343 e. The number of thiophene rings is 1. The Hall–Kier alpha value is -3.58. The Labute approximate surface area is 177 Å². The van der Waals surface area contributed by atoms with Crippen LogP contribution in [0, 0.1) is 6.92 Å². The number of aryl methyl sites for hydroxylation is 1. The van der Waals surface area contributed by atoms with Crippen molar-refractivity contribution in [3.63, 3.8) is 0 Å². The lowest BCUT2D eigenvalue weighted by Gasteiger charge is -2.09. The molecule has 2 heterocycles. The summed E-state index contributed by atoms with van der Waals surface area (Å²) < 4.78 is 21.6. The molecule has 0 radical (unpaired) electrons. The van der Waals surface area contributed by atoms with Gasteiger partial charge in [-0.15, -0.1) is 11.3 Å². The van der Waals surface area contributed by atoms with E-state index in [2.05, 4.69) is 0 Å². The van der Waals surface area contributed by atoms with Gasteiger partial charge in [-0.2, -0.15) is 0 Å². The van der Waals surface area contributed by atoms with E-state index >= 15 is 0 Å². The number of ketones is 1. The minimum absolute atomic E-state index is 0.199. The van der Waals surface area contributed by atoms with Gasteiger partial charge in [-0.25, -0.2) is 4.79 Å². The molecule has 1 aliphatic rings. The molecule has 152 valence electrons. The fourth-order valence-corrected chi connectivity index (χ4v) is 3.86. The highest BCUT2D eigenvalue weighted by Crippen LogP contribution is 2.36. The molecule has 3 aromatic rings. The van der Waals surface area contributed by atoms with Gasteiger partial charge in [0.1, 0.15) is 11.5 Å². The van der Waals surface area contributed by atoms with Gasteiger partial charge in [-0.1, -0.05) is 0 Å². The first kappa shape index (κ1) is 19.7. The molecule has 0 N–H and O–H groups in total. The Morgan fingerprint density at radius 2 is 1.83 bits per heavy atom. The highest BCUT2D eigenvalue weighted by Gasteiger charge is 2.28. The van der Waals surface area contributed by atoms with E-state index in [1.807, 2.05) is 18.4 Å². The Kier molecular flexibility index (Phi) is 5.29. The molecule has 0 fully saturated rings. The zero-order chi connectivity index (χ0) is 21.3. The summed E-state index contributed by atoms with van der Waals surface area (Å²) in [5.41, 5.74) is 1.81. The first-order valence-electron chi connectivity index (χ1n) is 9.06. The molecular formula is C23H18O6S. The van der Waals surface area contributed by atoms with Crippen molar-refractivity contribution in [2.24, 2.45) is 0 Å². The fourth-order valence-electron chi connectivity index (χ4n) is 3.01. The van der Waals surface area contributed by atoms with Gasteiger partial charge in [0.05, 0.1) is 25.3 Å². The van der Waals surface area contributed by atoms with E-state index in [1.54, 1.807) is 36.4 Å². The minimum Gasteiger partial charge on any atom is -0.493 e. The van der Waals surface area contributed by atoms with E-state index in [1.165, 1.54) is 31.6 Å². The molecule has 30 heavy (non-hydrogen) atoms. The second-order valence-corrected chi connectivity index (χ2v) is 7.47. The summed E-state index contributed by atoms with van der Waals surface area (Å²) in [6, 6.07) is 11.4. The minimum atomic E-state index is -0.565. The van der Waals surface area contributed by atoms with Crippen LogP contribution in [0.2, 0.25) is 0 Å². The van der Waals surface area contributed by atoms with Gasteiger partial charge in [-0.3, -0.25) is 4.79 Å². The molecule has 0 spiro atoms. The van der Waals surface area contributed by atoms with E-state index in [0.717, 1.165) is 10.4 Å². The molecule has 0 bridgehead atoms. The maximum atomic E-state index is 12.6. The summed E-state index contributed by atoms with van der Waals surface area (Å²) in [6.07, 6.45) is 1.73. The van der Waals surface area contributed by atoms with Gasteiger partial charge < -0.3 is 18.9 Å². The van der Waals surface area contributed by atoms with Gasteiger partial charge in [0.25, 0.3) is 0 Å². The molecular weight excluding hydrogens is 404 g/mol. The van der Waals surface area contributed by atoms with Crippen LogP contribution < -0.4 is 18.9 Å². The molecule has 2 aromatic carbocycles. The average Bonchev–Trinajstić information content (AvgIpc) is 3.30. The van der Waals surface area contributed by atoms with E-state index < -0.39 is 5.97 Å². The maximum Gasteiger partial charge on any atom is 0.343 e. The van der Waals surface area contributed by atoms with Gasteiger partial charge in [0.15, 0.2) is 17.3 Å². The normalized spacial score (nSPS) is 13.7. The molecule has 6 nitrogen and oxygen atoms in total. The number of methoxy groups -OCH3 is 2. The summed E-state index contributed by atoms with van der Waals surface area (Å²) >= 11 is 1.53. The predicted molar refractivity (Wildman–Crippen MR) is 113 cm³/mol. The number of carbonyl (C=O) groups is 2. The number of hydrogen-bond donors (Lipinski definition) is 0. The molecule has 1 aliphatic heterocycles. The van der Waals surface area contributed by atoms with E-state index in [9.17, 15) is 9.59 Å². The lowest BCUT2D eigenvalue weighted by atomic mass is 10.1. The molecule has 0 amide bonds. The number of ether oxygens (including phenoxy) is 4. The van der Waals surface area contributed by atoms with Crippen molar-refractivity contribution in [1.82, 2.24) is 0 Å². The van der Waals surface area contributed by atoms with Crippen molar-refractivity contribution >= 4 is 29.2 Å². The van der Waals surface area contributed by atoms with Gasteiger partial charge >= 0.3 is 5.97 Å². The van der Waals surface area contributed by atoms with Crippen LogP contribution in [0.1, 0.15) is 31.2 Å². The molecule has 0 saturated heterocycles. The summed E-state index contributed by atoms with van der Waals surface area (Å²) in [6.45, 7) is 1.97. The van der Waals surface area contributed by atoms with Gasteiger partial charge in [-0.05, 0) is 54.3 Å². The lowest BCUT2D eigenvalue weighted by molar-refractivity contribution is 0.0734. The molecule has 0 unspecified atom stereocenters. The third-order valence-electron chi connectivity index (χ3n) is 4.64. The average molecular weight is 422 g/mol. The first-order chi connectivity index (χ1) is 14.5. The summed E-state index contributed by atoms with van der Waals surface area (Å²) in [5.74, 6) is 1.06. The number of Topliss-reactive ketones (excluding diaryl/α,β-unsaturated/α-hetero) is 1. The summed E-state index contributed by atoms with van der Waals surface area (Å²) in [5, 5.41) is 1.96. The Bertz CT molecular complexity index is 1170. The third kappa shape index (κ3) is 3.67. The largest absolute Gasteiger partial charge is 0.493 e. The van der Waals surface area contributed by atoms with Crippen LogP contribution in [0.3, 0.4) is 0 Å². The number of benzene rings is 2. The number of fused-ring (bicyclic) bond motifs is 1. The van der Waals surface area contributed by atoms with Crippen molar-refractivity contribution < 1.29 is 28.5 Å². The molecule has 4 rings (SSSR count). The van der Waals surface area contributed by atoms with Crippen LogP contribution in [0.5, 0.6) is 23.0 Å². The van der Waals surface area contributed by atoms with Crippen LogP contribution >= 0.6 is 11.3 Å². The predicted octanol–water partition coefficient (Wildman–Crippen LogP) is 4.91. The molecule has 0 aliphatic carbocycles. The number of esters is 1. The Morgan fingerprint density at radius 3 is 2.53 bits per heavy atom. The van der Waals surface area contributed by atoms with Crippen LogP contribution in [-0.4, -0.2) is 26.0 Å². The lowest BCUT2D eigenvalue weighted by Crippen LogP contribution is -2.09. The summed E-state index contributed by atoms with van der Waals surface area (Å²) in [4.78, 5) is 26.1. The van der Waals surface area contributed by atoms with Crippen LogP contribution in [0.4, 0.5) is 0 Å². The van der Waals surface area contributed by atoms with E-state index in [-0.39, 0.29) is 17.3 Å². The van der Waals surface area contributed by atoms with Gasteiger partial charge in [0.2, 0.25) is 5.78 Å². The molecule has 0 atom stereocenters. The monoisotopic (exact) mass is 422 g/mol. The van der Waals surface area contributed by atoms with Crippen molar-refractivity contribution in [1.29, 1.82) is 0 Å². The maximum absolute atomic E-state index is 12.6.